The number of ketones is 2. The zero-order valence-electron chi connectivity index (χ0n) is 9.67. The van der Waals surface area contributed by atoms with E-state index in [-0.39, 0.29) is 12.2 Å². The van der Waals surface area contributed by atoms with Gasteiger partial charge < -0.3 is 4.74 Å². The van der Waals surface area contributed by atoms with Gasteiger partial charge in [0, 0.05) is 5.56 Å². The van der Waals surface area contributed by atoms with Crippen molar-refractivity contribution >= 4 is 23.2 Å². The van der Waals surface area contributed by atoms with Crippen molar-refractivity contribution in [2.75, 3.05) is 12.5 Å². The predicted molar refractivity (Wildman–Crippen MR) is 62.7 cm³/mol. The lowest BCUT2D eigenvalue weighted by molar-refractivity contribution is -0.170. The van der Waals surface area contributed by atoms with Crippen molar-refractivity contribution < 1.29 is 27.5 Å². The highest BCUT2D eigenvalue weighted by atomic mass is 35.5. The van der Waals surface area contributed by atoms with Gasteiger partial charge in [-0.15, -0.1) is 11.6 Å². The van der Waals surface area contributed by atoms with Gasteiger partial charge in [0.25, 0.3) is 0 Å². The van der Waals surface area contributed by atoms with Crippen LogP contribution in [0, 0.1) is 0 Å². The van der Waals surface area contributed by atoms with Crippen molar-refractivity contribution in [1.82, 2.24) is 0 Å². The van der Waals surface area contributed by atoms with Gasteiger partial charge >= 0.3 is 6.18 Å². The molecule has 0 aliphatic carbocycles. The topological polar surface area (TPSA) is 43.4 Å². The molecule has 0 fully saturated rings. The minimum atomic E-state index is -4.99. The lowest BCUT2D eigenvalue weighted by atomic mass is 10.1. The Morgan fingerprint density at radius 1 is 1.16 bits per heavy atom. The van der Waals surface area contributed by atoms with Gasteiger partial charge in [0.05, 0.1) is 12.3 Å². The van der Waals surface area contributed by atoms with Crippen molar-refractivity contribution in [3.8, 4) is 5.75 Å². The molecule has 0 atom stereocenters. The number of halogens is 4. The van der Waals surface area contributed by atoms with Crippen LogP contribution in [0.15, 0.2) is 24.3 Å². The first-order chi connectivity index (χ1) is 8.84. The van der Waals surface area contributed by atoms with Crippen molar-refractivity contribution in [3.63, 3.8) is 0 Å². The first-order valence-corrected chi connectivity index (χ1v) is 5.80. The molecule has 0 aliphatic heterocycles. The van der Waals surface area contributed by atoms with Crippen molar-refractivity contribution in [2.45, 2.75) is 12.6 Å². The van der Waals surface area contributed by atoms with Gasteiger partial charge in [0.15, 0.2) is 5.78 Å². The fraction of sp³-hybridized carbons (Fsp3) is 0.333. The maximum Gasteiger partial charge on any atom is 0.450 e. The number of benzene rings is 1. The largest absolute Gasteiger partial charge is 0.492 e. The fourth-order valence-electron chi connectivity index (χ4n) is 1.24. The number of ether oxygens (including phenoxy) is 1. The lowest BCUT2D eigenvalue weighted by Crippen LogP contribution is -2.25. The number of carbonyl (C=O) groups excluding carboxylic acids is 2. The monoisotopic (exact) mass is 294 g/mol. The molecule has 0 N–H and O–H groups in total. The summed E-state index contributed by atoms with van der Waals surface area (Å²) in [6, 6.07) is 5.46. The summed E-state index contributed by atoms with van der Waals surface area (Å²) in [6.07, 6.45) is -6.18. The van der Waals surface area contributed by atoms with Crippen LogP contribution in [0.2, 0.25) is 0 Å². The molecule has 19 heavy (non-hydrogen) atoms. The number of carbonyl (C=O) groups is 2. The Kier molecular flexibility index (Phi) is 5.35. The Labute approximate surface area is 112 Å². The van der Waals surface area contributed by atoms with Crippen LogP contribution in [0.5, 0.6) is 5.75 Å². The predicted octanol–water partition coefficient (Wildman–Crippen LogP) is 3.01. The molecular weight excluding hydrogens is 285 g/mol. The van der Waals surface area contributed by atoms with Gasteiger partial charge in [-0.2, -0.15) is 13.2 Å². The molecule has 0 bridgehead atoms. The summed E-state index contributed by atoms with van der Waals surface area (Å²) < 4.78 is 41.1. The first kappa shape index (κ1) is 15.5. The maximum absolute atomic E-state index is 12.0. The van der Waals surface area contributed by atoms with Crippen molar-refractivity contribution in [2.24, 2.45) is 0 Å². The summed E-state index contributed by atoms with van der Waals surface area (Å²) in [7, 11) is 0. The van der Waals surface area contributed by atoms with Gasteiger partial charge in [-0.1, -0.05) is 0 Å². The molecule has 104 valence electrons. The standard InChI is InChI=1S/C12H10ClF3O3/c13-5-6-19-9-3-1-8(2-4-9)10(17)7-11(18)12(14,15)16/h1-4H,5-7H2. The molecule has 0 spiro atoms. The molecule has 1 aromatic carbocycles. The van der Waals surface area contributed by atoms with Gasteiger partial charge in [0.1, 0.15) is 12.4 Å². The summed E-state index contributed by atoms with van der Waals surface area (Å²) in [5, 5.41) is 0. The van der Waals surface area contributed by atoms with E-state index in [4.69, 9.17) is 16.3 Å². The highest BCUT2D eigenvalue weighted by molar-refractivity contribution is 6.18. The normalized spacial score (nSPS) is 11.2. The Hall–Kier alpha value is -1.56. The van der Waals surface area contributed by atoms with E-state index in [0.717, 1.165) is 0 Å². The van der Waals surface area contributed by atoms with E-state index in [1.807, 2.05) is 0 Å². The third kappa shape index (κ3) is 4.90. The van der Waals surface area contributed by atoms with Crippen LogP contribution in [0.4, 0.5) is 13.2 Å². The van der Waals surface area contributed by atoms with Crippen LogP contribution in [-0.4, -0.2) is 30.2 Å². The van der Waals surface area contributed by atoms with Crippen LogP contribution in [0.25, 0.3) is 0 Å². The Bertz CT molecular complexity index is 454. The summed E-state index contributed by atoms with van der Waals surface area (Å²) in [6.45, 7) is 0.279. The SMILES string of the molecule is O=C(CC(=O)C(F)(F)F)c1ccc(OCCCl)cc1. The smallest absolute Gasteiger partial charge is 0.450 e. The van der Waals surface area contributed by atoms with E-state index in [1.54, 1.807) is 0 Å². The minimum absolute atomic E-state index is 0.0239. The molecule has 1 rings (SSSR count). The molecule has 0 saturated heterocycles. The second-order valence-corrected chi connectivity index (χ2v) is 3.96. The van der Waals surface area contributed by atoms with Crippen LogP contribution in [-0.2, 0) is 4.79 Å². The number of alkyl halides is 4. The Balaban J connectivity index is 2.65. The van der Waals surface area contributed by atoms with Crippen LogP contribution >= 0.6 is 11.6 Å². The Morgan fingerprint density at radius 2 is 1.74 bits per heavy atom. The third-order valence-corrected chi connectivity index (χ3v) is 2.31. The van der Waals surface area contributed by atoms with E-state index < -0.39 is 24.2 Å². The van der Waals surface area contributed by atoms with Crippen LogP contribution in [0.1, 0.15) is 16.8 Å². The Morgan fingerprint density at radius 3 is 2.21 bits per heavy atom. The molecule has 0 radical (unpaired) electrons. The number of rotatable bonds is 6. The molecule has 7 heteroatoms. The second-order valence-electron chi connectivity index (χ2n) is 3.58. The quantitative estimate of drug-likeness (QED) is 0.460. The van der Waals surface area contributed by atoms with E-state index >= 15 is 0 Å². The van der Waals surface area contributed by atoms with E-state index in [9.17, 15) is 22.8 Å². The molecule has 0 aliphatic rings. The number of Topliss-reactive ketones (excluding diaryl/α,β-unsaturated/α-hetero) is 2. The highest BCUT2D eigenvalue weighted by Gasteiger charge is 2.39. The lowest BCUT2D eigenvalue weighted by Gasteiger charge is -2.06. The van der Waals surface area contributed by atoms with Crippen LogP contribution in [0.3, 0.4) is 0 Å². The number of hydrogen-bond acceptors (Lipinski definition) is 3. The molecule has 0 saturated carbocycles. The molecule has 0 heterocycles. The molecular formula is C12H10ClF3O3. The average molecular weight is 295 g/mol. The first-order valence-electron chi connectivity index (χ1n) is 5.26. The second kappa shape index (κ2) is 6.56. The number of hydrogen-bond donors (Lipinski definition) is 0. The van der Waals surface area contributed by atoms with Gasteiger partial charge in [-0.05, 0) is 24.3 Å². The zero-order chi connectivity index (χ0) is 14.5. The maximum atomic E-state index is 12.0. The van der Waals surface area contributed by atoms with Crippen molar-refractivity contribution in [3.05, 3.63) is 29.8 Å². The molecule has 3 nitrogen and oxygen atoms in total. The third-order valence-electron chi connectivity index (χ3n) is 2.16. The van der Waals surface area contributed by atoms with Gasteiger partial charge in [-0.3, -0.25) is 9.59 Å². The summed E-state index contributed by atoms with van der Waals surface area (Å²) in [5.74, 6) is -2.20. The summed E-state index contributed by atoms with van der Waals surface area (Å²) >= 11 is 5.41. The molecule has 0 aromatic heterocycles. The molecule has 0 amide bonds. The van der Waals surface area contributed by atoms with E-state index in [1.165, 1.54) is 24.3 Å². The molecule has 1 aromatic rings. The summed E-state index contributed by atoms with van der Waals surface area (Å²) in [5.41, 5.74) is 0.0239. The molecule has 0 unspecified atom stereocenters. The zero-order valence-corrected chi connectivity index (χ0v) is 10.4. The van der Waals surface area contributed by atoms with E-state index in [0.29, 0.717) is 11.6 Å². The minimum Gasteiger partial charge on any atom is -0.492 e. The van der Waals surface area contributed by atoms with E-state index in [2.05, 4.69) is 0 Å². The fourth-order valence-corrected chi connectivity index (χ4v) is 1.32. The van der Waals surface area contributed by atoms with Crippen LogP contribution < -0.4 is 4.74 Å². The highest BCUT2D eigenvalue weighted by Crippen LogP contribution is 2.20. The average Bonchev–Trinajstić information content (AvgIpc) is 2.35. The van der Waals surface area contributed by atoms with Crippen molar-refractivity contribution in [1.29, 1.82) is 0 Å². The van der Waals surface area contributed by atoms with Gasteiger partial charge in [0.2, 0.25) is 5.78 Å². The van der Waals surface area contributed by atoms with Gasteiger partial charge in [-0.25, -0.2) is 0 Å². The summed E-state index contributed by atoms with van der Waals surface area (Å²) in [4.78, 5) is 22.1.